The summed E-state index contributed by atoms with van der Waals surface area (Å²) in [6, 6.07) is 14.1. The lowest BCUT2D eigenvalue weighted by Crippen LogP contribution is -2.29. The number of carbonyl (C=O) groups is 1. The van der Waals surface area contributed by atoms with Gasteiger partial charge in [0.2, 0.25) is 0 Å². The van der Waals surface area contributed by atoms with Gasteiger partial charge in [-0.05, 0) is 24.1 Å². The zero-order valence-electron chi connectivity index (χ0n) is 11.3. The number of carbonyl (C=O) groups excluding carboxylic acids is 1. The SMILES string of the molecule is CN(CCc1ccccc1)C(=O)c1c(O)cccc1O. The Morgan fingerprint density at radius 2 is 1.60 bits per heavy atom. The van der Waals surface area contributed by atoms with Crippen molar-refractivity contribution in [3.05, 3.63) is 59.7 Å². The van der Waals surface area contributed by atoms with Gasteiger partial charge in [-0.2, -0.15) is 0 Å². The molecule has 0 unspecified atom stereocenters. The summed E-state index contributed by atoms with van der Waals surface area (Å²) < 4.78 is 0. The minimum absolute atomic E-state index is 0.0527. The standard InChI is InChI=1S/C16H17NO3/c1-17(11-10-12-6-3-2-4-7-12)16(20)15-13(18)8-5-9-14(15)19/h2-9,18-19H,10-11H2,1H3. The maximum absolute atomic E-state index is 12.2. The van der Waals surface area contributed by atoms with Crippen LogP contribution in [0.5, 0.6) is 11.5 Å². The van der Waals surface area contributed by atoms with Gasteiger partial charge >= 0.3 is 0 Å². The van der Waals surface area contributed by atoms with Gasteiger partial charge in [0.1, 0.15) is 17.1 Å². The molecular formula is C16H17NO3. The minimum Gasteiger partial charge on any atom is -0.507 e. The fourth-order valence-electron chi connectivity index (χ4n) is 1.98. The molecule has 4 nitrogen and oxygen atoms in total. The monoisotopic (exact) mass is 271 g/mol. The predicted molar refractivity (Wildman–Crippen MR) is 76.9 cm³/mol. The molecule has 0 bridgehead atoms. The lowest BCUT2D eigenvalue weighted by Gasteiger charge is -2.18. The number of nitrogens with zero attached hydrogens (tertiary/aromatic N) is 1. The number of phenols is 2. The molecule has 0 atom stereocenters. The highest BCUT2D eigenvalue weighted by Crippen LogP contribution is 2.27. The van der Waals surface area contributed by atoms with Crippen molar-refractivity contribution in [2.45, 2.75) is 6.42 Å². The molecule has 0 saturated carbocycles. The maximum atomic E-state index is 12.2. The van der Waals surface area contributed by atoms with Crippen LogP contribution in [0.2, 0.25) is 0 Å². The van der Waals surface area contributed by atoms with E-state index in [-0.39, 0.29) is 17.1 Å². The van der Waals surface area contributed by atoms with Gasteiger partial charge in [0, 0.05) is 13.6 Å². The number of amides is 1. The van der Waals surface area contributed by atoms with E-state index in [0.717, 1.165) is 12.0 Å². The zero-order valence-corrected chi connectivity index (χ0v) is 11.3. The van der Waals surface area contributed by atoms with Crippen molar-refractivity contribution >= 4 is 5.91 Å². The molecule has 2 rings (SSSR count). The third-order valence-corrected chi connectivity index (χ3v) is 3.16. The van der Waals surface area contributed by atoms with Crippen LogP contribution in [0.25, 0.3) is 0 Å². The Morgan fingerprint density at radius 1 is 1.00 bits per heavy atom. The minimum atomic E-state index is -0.392. The van der Waals surface area contributed by atoms with Crippen LogP contribution in [0.15, 0.2) is 48.5 Å². The average molecular weight is 271 g/mol. The quantitative estimate of drug-likeness (QED) is 0.897. The summed E-state index contributed by atoms with van der Waals surface area (Å²) >= 11 is 0. The molecule has 1 amide bonds. The van der Waals surface area contributed by atoms with E-state index in [0.29, 0.717) is 6.54 Å². The largest absolute Gasteiger partial charge is 0.507 e. The second kappa shape index (κ2) is 6.10. The van der Waals surface area contributed by atoms with Crippen molar-refractivity contribution in [1.82, 2.24) is 4.90 Å². The topological polar surface area (TPSA) is 60.8 Å². The van der Waals surface area contributed by atoms with Gasteiger partial charge < -0.3 is 15.1 Å². The summed E-state index contributed by atoms with van der Waals surface area (Å²) in [4.78, 5) is 13.7. The first-order valence-electron chi connectivity index (χ1n) is 6.40. The van der Waals surface area contributed by atoms with E-state index in [1.807, 2.05) is 30.3 Å². The molecular weight excluding hydrogens is 254 g/mol. The number of benzene rings is 2. The van der Waals surface area contributed by atoms with Crippen LogP contribution < -0.4 is 0 Å². The van der Waals surface area contributed by atoms with Crippen molar-refractivity contribution in [3.8, 4) is 11.5 Å². The third kappa shape index (κ3) is 3.09. The number of aromatic hydroxyl groups is 2. The normalized spacial score (nSPS) is 10.2. The van der Waals surface area contributed by atoms with Crippen LogP contribution in [-0.2, 0) is 6.42 Å². The van der Waals surface area contributed by atoms with E-state index in [2.05, 4.69) is 0 Å². The van der Waals surface area contributed by atoms with Crippen LogP contribution >= 0.6 is 0 Å². The number of rotatable bonds is 4. The summed E-state index contributed by atoms with van der Waals surface area (Å²) in [7, 11) is 1.65. The first-order valence-corrected chi connectivity index (χ1v) is 6.40. The fraction of sp³-hybridized carbons (Fsp3) is 0.188. The van der Waals surface area contributed by atoms with Crippen LogP contribution in [0, 0.1) is 0 Å². The highest BCUT2D eigenvalue weighted by molar-refractivity contribution is 5.99. The average Bonchev–Trinajstić information content (AvgIpc) is 2.45. The lowest BCUT2D eigenvalue weighted by molar-refractivity contribution is 0.0790. The van der Waals surface area contributed by atoms with E-state index >= 15 is 0 Å². The van der Waals surface area contributed by atoms with Gasteiger partial charge in [-0.1, -0.05) is 36.4 Å². The van der Waals surface area contributed by atoms with Crippen LogP contribution in [0.4, 0.5) is 0 Å². The smallest absolute Gasteiger partial charge is 0.261 e. The van der Waals surface area contributed by atoms with Crippen molar-refractivity contribution < 1.29 is 15.0 Å². The van der Waals surface area contributed by atoms with Crippen molar-refractivity contribution in [3.63, 3.8) is 0 Å². The van der Waals surface area contributed by atoms with E-state index in [1.54, 1.807) is 7.05 Å². The Balaban J connectivity index is 2.06. The van der Waals surface area contributed by atoms with E-state index in [4.69, 9.17) is 0 Å². The van der Waals surface area contributed by atoms with Crippen LogP contribution in [0.1, 0.15) is 15.9 Å². The molecule has 0 aliphatic heterocycles. The Labute approximate surface area is 117 Å². The number of hydrogen-bond donors (Lipinski definition) is 2. The Hall–Kier alpha value is -2.49. The number of likely N-dealkylation sites (N-methyl/N-ethyl adjacent to an activating group) is 1. The highest BCUT2D eigenvalue weighted by Gasteiger charge is 2.19. The molecule has 20 heavy (non-hydrogen) atoms. The number of phenolic OH excluding ortho intramolecular Hbond substituents is 2. The van der Waals surface area contributed by atoms with Crippen molar-refractivity contribution in [2.24, 2.45) is 0 Å². The van der Waals surface area contributed by atoms with Gasteiger partial charge in [-0.25, -0.2) is 0 Å². The van der Waals surface area contributed by atoms with Crippen LogP contribution in [0.3, 0.4) is 0 Å². The summed E-state index contributed by atoms with van der Waals surface area (Å²) in [6.07, 6.45) is 0.720. The first-order chi connectivity index (χ1) is 9.59. The highest BCUT2D eigenvalue weighted by atomic mass is 16.3. The van der Waals surface area contributed by atoms with Crippen molar-refractivity contribution in [1.29, 1.82) is 0 Å². The fourth-order valence-corrected chi connectivity index (χ4v) is 1.98. The van der Waals surface area contributed by atoms with Gasteiger partial charge in [-0.3, -0.25) is 4.79 Å². The van der Waals surface area contributed by atoms with Gasteiger partial charge in [0.15, 0.2) is 0 Å². The van der Waals surface area contributed by atoms with Gasteiger partial charge in [0.05, 0.1) is 0 Å². The van der Waals surface area contributed by atoms with Crippen LogP contribution in [-0.4, -0.2) is 34.6 Å². The second-order valence-corrected chi connectivity index (χ2v) is 4.63. The zero-order chi connectivity index (χ0) is 14.5. The molecule has 0 heterocycles. The maximum Gasteiger partial charge on any atom is 0.261 e. The molecule has 0 aliphatic carbocycles. The molecule has 0 fully saturated rings. The van der Waals surface area contributed by atoms with Crippen molar-refractivity contribution in [2.75, 3.05) is 13.6 Å². The second-order valence-electron chi connectivity index (χ2n) is 4.63. The molecule has 0 aromatic heterocycles. The van der Waals surface area contributed by atoms with E-state index < -0.39 is 5.91 Å². The van der Waals surface area contributed by atoms with E-state index in [1.165, 1.54) is 23.1 Å². The third-order valence-electron chi connectivity index (χ3n) is 3.16. The molecule has 2 aromatic rings. The molecule has 2 N–H and O–H groups in total. The first kappa shape index (κ1) is 13.9. The van der Waals surface area contributed by atoms with Gasteiger partial charge in [-0.15, -0.1) is 0 Å². The Kier molecular flexibility index (Phi) is 4.25. The van der Waals surface area contributed by atoms with Gasteiger partial charge in [0.25, 0.3) is 5.91 Å². The van der Waals surface area contributed by atoms with E-state index in [9.17, 15) is 15.0 Å². The summed E-state index contributed by atoms with van der Waals surface area (Å²) in [5, 5.41) is 19.4. The molecule has 0 aliphatic rings. The molecule has 4 heteroatoms. The summed E-state index contributed by atoms with van der Waals surface area (Å²) in [5.41, 5.74) is 1.08. The molecule has 0 saturated heterocycles. The lowest BCUT2D eigenvalue weighted by atomic mass is 10.1. The molecule has 0 spiro atoms. The summed E-state index contributed by atoms with van der Waals surface area (Å²) in [5.74, 6) is -0.806. The summed E-state index contributed by atoms with van der Waals surface area (Å²) in [6.45, 7) is 0.511. The molecule has 104 valence electrons. The Bertz CT molecular complexity index is 576. The molecule has 2 aromatic carbocycles. The number of hydrogen-bond acceptors (Lipinski definition) is 3. The molecule has 0 radical (unpaired) electrons. The Morgan fingerprint density at radius 3 is 2.20 bits per heavy atom. The predicted octanol–water partition coefficient (Wildman–Crippen LogP) is 2.41.